The van der Waals surface area contributed by atoms with E-state index in [-0.39, 0.29) is 23.3 Å². The Balaban J connectivity index is 1.52. The third-order valence-electron chi connectivity index (χ3n) is 4.04. The molecule has 0 spiro atoms. The van der Waals surface area contributed by atoms with Gasteiger partial charge in [-0.05, 0) is 30.4 Å². The van der Waals surface area contributed by atoms with Gasteiger partial charge >= 0.3 is 0 Å². The molecular formula is C18H21N3O2S. The van der Waals surface area contributed by atoms with E-state index in [1.165, 1.54) is 29.0 Å². The molecule has 1 aromatic carbocycles. The van der Waals surface area contributed by atoms with E-state index in [1.54, 1.807) is 0 Å². The van der Waals surface area contributed by atoms with Crippen LogP contribution in [0.5, 0.6) is 0 Å². The van der Waals surface area contributed by atoms with Gasteiger partial charge in [-0.25, -0.2) is 4.98 Å². The van der Waals surface area contributed by atoms with E-state index in [0.717, 1.165) is 31.4 Å². The third kappa shape index (κ3) is 4.26. The molecule has 2 N–H and O–H groups in total. The number of carbonyl (C=O) groups is 1. The van der Waals surface area contributed by atoms with Crippen molar-refractivity contribution in [1.82, 2.24) is 15.3 Å². The largest absolute Gasteiger partial charge is 0.352 e. The number of aryl methyl sites for hydroxylation is 1. The second-order valence-electron chi connectivity index (χ2n) is 6.02. The highest BCUT2D eigenvalue weighted by Crippen LogP contribution is 2.21. The van der Waals surface area contributed by atoms with Gasteiger partial charge in [-0.3, -0.25) is 9.59 Å². The summed E-state index contributed by atoms with van der Waals surface area (Å²) in [5, 5.41) is 3.58. The predicted octanol–water partition coefficient (Wildman–Crippen LogP) is 2.10. The lowest BCUT2D eigenvalue weighted by Crippen LogP contribution is -2.36. The fraction of sp³-hybridized carbons (Fsp3) is 0.389. The molecule has 1 aliphatic rings. The first kappa shape index (κ1) is 16.8. The summed E-state index contributed by atoms with van der Waals surface area (Å²) >= 11 is 1.27. The molecule has 24 heavy (non-hydrogen) atoms. The molecule has 0 saturated heterocycles. The van der Waals surface area contributed by atoms with Crippen molar-refractivity contribution in [3.8, 4) is 0 Å². The van der Waals surface area contributed by atoms with Crippen molar-refractivity contribution < 1.29 is 4.79 Å². The van der Waals surface area contributed by atoms with Gasteiger partial charge in [0.2, 0.25) is 5.91 Å². The van der Waals surface area contributed by atoms with E-state index in [4.69, 9.17) is 0 Å². The fourth-order valence-electron chi connectivity index (χ4n) is 3.00. The molecule has 1 amide bonds. The summed E-state index contributed by atoms with van der Waals surface area (Å²) < 4.78 is 0. The molecule has 0 unspecified atom stereocenters. The smallest absolute Gasteiger partial charge is 0.251 e. The van der Waals surface area contributed by atoms with Crippen LogP contribution in [-0.4, -0.2) is 27.7 Å². The van der Waals surface area contributed by atoms with Crippen molar-refractivity contribution in [2.45, 2.75) is 43.8 Å². The average Bonchev–Trinajstić information content (AvgIpc) is 2.95. The quantitative estimate of drug-likeness (QED) is 0.622. The van der Waals surface area contributed by atoms with Crippen LogP contribution < -0.4 is 10.9 Å². The third-order valence-corrected chi connectivity index (χ3v) is 4.91. The normalized spacial score (nSPS) is 13.7. The number of aromatic nitrogens is 2. The van der Waals surface area contributed by atoms with Crippen molar-refractivity contribution in [3.63, 3.8) is 0 Å². The summed E-state index contributed by atoms with van der Waals surface area (Å²) in [7, 11) is 0. The molecule has 6 heteroatoms. The SMILES string of the molecule is CCCc1cc(=O)[nH]c(SCC(=O)NC2Cc3ccccc3C2)n1. The molecule has 0 saturated carbocycles. The molecular weight excluding hydrogens is 322 g/mol. The highest BCUT2D eigenvalue weighted by Gasteiger charge is 2.22. The van der Waals surface area contributed by atoms with Crippen LogP contribution in [0.3, 0.4) is 0 Å². The van der Waals surface area contributed by atoms with Gasteiger partial charge in [-0.2, -0.15) is 0 Å². The molecule has 1 aliphatic carbocycles. The monoisotopic (exact) mass is 343 g/mol. The van der Waals surface area contributed by atoms with Crippen LogP contribution >= 0.6 is 11.8 Å². The zero-order chi connectivity index (χ0) is 16.9. The molecule has 0 aliphatic heterocycles. The van der Waals surface area contributed by atoms with Crippen LogP contribution in [0.4, 0.5) is 0 Å². The molecule has 1 aromatic heterocycles. The number of fused-ring (bicyclic) bond motifs is 1. The molecule has 3 rings (SSSR count). The number of amides is 1. The predicted molar refractivity (Wildman–Crippen MR) is 95.4 cm³/mol. The number of aromatic amines is 1. The number of rotatable bonds is 6. The maximum Gasteiger partial charge on any atom is 0.251 e. The summed E-state index contributed by atoms with van der Waals surface area (Å²) in [5.41, 5.74) is 3.24. The van der Waals surface area contributed by atoms with Crippen LogP contribution in [0.15, 0.2) is 40.3 Å². The number of hydrogen-bond acceptors (Lipinski definition) is 4. The van der Waals surface area contributed by atoms with Gasteiger partial charge in [0.25, 0.3) is 5.56 Å². The van der Waals surface area contributed by atoms with Gasteiger partial charge in [0.15, 0.2) is 5.16 Å². The highest BCUT2D eigenvalue weighted by molar-refractivity contribution is 7.99. The average molecular weight is 343 g/mol. The van der Waals surface area contributed by atoms with Gasteiger partial charge in [0.1, 0.15) is 0 Å². The zero-order valence-corrected chi connectivity index (χ0v) is 14.5. The minimum absolute atomic E-state index is 0.0265. The number of nitrogens with zero attached hydrogens (tertiary/aromatic N) is 1. The minimum Gasteiger partial charge on any atom is -0.352 e. The first-order chi connectivity index (χ1) is 11.6. The lowest BCUT2D eigenvalue weighted by atomic mass is 10.1. The van der Waals surface area contributed by atoms with Crippen LogP contribution in [0.1, 0.15) is 30.2 Å². The Morgan fingerprint density at radius 2 is 2.04 bits per heavy atom. The maximum atomic E-state index is 12.2. The lowest BCUT2D eigenvalue weighted by Gasteiger charge is -2.11. The van der Waals surface area contributed by atoms with E-state index in [1.807, 2.05) is 19.1 Å². The Morgan fingerprint density at radius 3 is 2.71 bits per heavy atom. The molecule has 0 bridgehead atoms. The number of hydrogen-bond donors (Lipinski definition) is 2. The molecule has 2 aromatic rings. The van der Waals surface area contributed by atoms with Crippen LogP contribution in [0.25, 0.3) is 0 Å². The summed E-state index contributed by atoms with van der Waals surface area (Å²) in [6.07, 6.45) is 3.47. The van der Waals surface area contributed by atoms with Crippen LogP contribution in [0.2, 0.25) is 0 Å². The number of nitrogens with one attached hydrogen (secondary N) is 2. The van der Waals surface area contributed by atoms with Crippen molar-refractivity contribution in [1.29, 1.82) is 0 Å². The van der Waals surface area contributed by atoms with Crippen molar-refractivity contribution in [3.05, 3.63) is 57.5 Å². The Kier molecular flexibility index (Phi) is 5.35. The summed E-state index contributed by atoms with van der Waals surface area (Å²) in [6, 6.07) is 9.97. The molecule has 5 nitrogen and oxygen atoms in total. The molecule has 0 atom stereocenters. The second-order valence-corrected chi connectivity index (χ2v) is 6.99. The first-order valence-corrected chi connectivity index (χ1v) is 9.22. The first-order valence-electron chi connectivity index (χ1n) is 8.23. The maximum absolute atomic E-state index is 12.2. The lowest BCUT2D eigenvalue weighted by molar-refractivity contribution is -0.119. The minimum atomic E-state index is -0.164. The molecule has 1 heterocycles. The van der Waals surface area contributed by atoms with E-state index in [2.05, 4.69) is 27.4 Å². The zero-order valence-electron chi connectivity index (χ0n) is 13.7. The standard InChI is InChI=1S/C18H21N3O2S/c1-2-5-14-10-16(22)21-18(20-14)24-11-17(23)19-15-8-12-6-3-4-7-13(12)9-15/h3-4,6-7,10,15H,2,5,8-9,11H2,1H3,(H,19,23)(H,20,21,22). The number of H-pyrrole nitrogens is 1. The Morgan fingerprint density at radius 1 is 1.33 bits per heavy atom. The van der Waals surface area contributed by atoms with Gasteiger partial charge < -0.3 is 10.3 Å². The topological polar surface area (TPSA) is 74.8 Å². The van der Waals surface area contributed by atoms with Crippen molar-refractivity contribution in [2.75, 3.05) is 5.75 Å². The van der Waals surface area contributed by atoms with Gasteiger partial charge in [-0.1, -0.05) is 49.4 Å². The number of benzene rings is 1. The fourth-order valence-corrected chi connectivity index (χ4v) is 3.71. The molecule has 0 radical (unpaired) electrons. The van der Waals surface area contributed by atoms with E-state index in [0.29, 0.717) is 5.16 Å². The number of thioether (sulfide) groups is 1. The van der Waals surface area contributed by atoms with Crippen LogP contribution in [-0.2, 0) is 24.1 Å². The Hall–Kier alpha value is -2.08. The summed E-state index contributed by atoms with van der Waals surface area (Å²) in [4.78, 5) is 30.9. The summed E-state index contributed by atoms with van der Waals surface area (Å²) in [5.74, 6) is 0.229. The van der Waals surface area contributed by atoms with E-state index >= 15 is 0 Å². The Bertz CT molecular complexity index is 763. The highest BCUT2D eigenvalue weighted by atomic mass is 32.2. The second kappa shape index (κ2) is 7.66. The summed E-state index contributed by atoms with van der Waals surface area (Å²) in [6.45, 7) is 2.04. The molecule has 126 valence electrons. The molecule has 0 fully saturated rings. The van der Waals surface area contributed by atoms with Crippen molar-refractivity contribution >= 4 is 17.7 Å². The van der Waals surface area contributed by atoms with Gasteiger partial charge in [0.05, 0.1) is 5.75 Å². The van der Waals surface area contributed by atoms with Gasteiger partial charge in [0, 0.05) is 17.8 Å². The number of carbonyl (C=O) groups excluding carboxylic acids is 1. The van der Waals surface area contributed by atoms with Crippen molar-refractivity contribution in [2.24, 2.45) is 0 Å². The van der Waals surface area contributed by atoms with E-state index < -0.39 is 0 Å². The van der Waals surface area contributed by atoms with Crippen LogP contribution in [0, 0.1) is 0 Å². The van der Waals surface area contributed by atoms with Gasteiger partial charge in [-0.15, -0.1) is 0 Å². The van der Waals surface area contributed by atoms with E-state index in [9.17, 15) is 9.59 Å². The Labute approximate surface area is 145 Å².